The zero-order chi connectivity index (χ0) is 27.6. The Morgan fingerprint density at radius 3 is 2.67 bits per heavy atom. The monoisotopic (exact) mass is 561 g/mol. The second-order valence-corrected chi connectivity index (χ2v) is 12.4. The number of H-pyrrole nitrogens is 1. The Morgan fingerprint density at radius 1 is 1.18 bits per heavy atom. The quantitative estimate of drug-likeness (QED) is 0.458. The molecule has 1 aromatic heterocycles. The minimum atomic E-state index is -4.12. The molecule has 3 aromatic rings. The number of nitrogens with one attached hydrogen (secondary N) is 1. The molecule has 1 aliphatic carbocycles. The van der Waals surface area contributed by atoms with Crippen LogP contribution < -0.4 is 4.90 Å². The fraction of sp³-hybridized carbons (Fsp3) is 0.250. The largest absolute Gasteiger partial charge is 0.364 e. The van der Waals surface area contributed by atoms with E-state index >= 15 is 0 Å². The molecule has 0 saturated heterocycles. The van der Waals surface area contributed by atoms with Crippen molar-refractivity contribution >= 4 is 30.9 Å². The molecule has 0 amide bonds. The second-order valence-electron chi connectivity index (χ2n) is 9.58. The standard InChI is InChI=1S/C28H27N5O4S2/c1-20-27(38(34)35)8-5-9-28(20)39(36,37)33-16-23-12-22(14-29)10-11-26(23)32(17-24-15-30-19-31-24)18-25(33)13-21-6-3-2-4-7-21/h2-12,15,19-20,25H,13,16-18H2,1H3,(H,30,31)/t20?,25-/m1/s1. The number of fused-ring (bicyclic) bond motifs is 1. The van der Waals surface area contributed by atoms with Crippen molar-refractivity contribution < 1.29 is 16.8 Å². The maximum atomic E-state index is 14.4. The Labute approximate surface area is 229 Å². The van der Waals surface area contributed by atoms with Crippen LogP contribution in [0, 0.1) is 17.2 Å². The molecule has 0 bridgehead atoms. The molecule has 2 aromatic carbocycles. The van der Waals surface area contributed by atoms with Gasteiger partial charge >= 0.3 is 0 Å². The van der Waals surface area contributed by atoms with Gasteiger partial charge in [0.2, 0.25) is 20.3 Å². The Hall–Kier alpha value is -3.98. The summed E-state index contributed by atoms with van der Waals surface area (Å²) in [6, 6.07) is 16.7. The summed E-state index contributed by atoms with van der Waals surface area (Å²) in [7, 11) is -6.67. The number of benzene rings is 2. The van der Waals surface area contributed by atoms with Crippen LogP contribution in [0.1, 0.15) is 29.3 Å². The number of rotatable bonds is 6. The maximum Gasteiger partial charge on any atom is 0.240 e. The van der Waals surface area contributed by atoms with Gasteiger partial charge in [-0.3, -0.25) is 0 Å². The average molecular weight is 562 g/mol. The minimum absolute atomic E-state index is 0.0258. The topological polar surface area (TPSA) is 127 Å². The van der Waals surface area contributed by atoms with Crippen LogP contribution in [-0.2, 0) is 39.8 Å². The average Bonchev–Trinajstić information content (AvgIpc) is 3.39. The second kappa shape index (κ2) is 11.0. The van der Waals surface area contributed by atoms with Crippen LogP contribution in [0.15, 0.2) is 84.2 Å². The predicted octanol–water partition coefficient (Wildman–Crippen LogP) is 3.19. The summed E-state index contributed by atoms with van der Waals surface area (Å²) in [5.74, 6) is -0.830. The van der Waals surface area contributed by atoms with Crippen molar-refractivity contribution in [1.82, 2.24) is 14.3 Å². The first-order chi connectivity index (χ1) is 18.8. The van der Waals surface area contributed by atoms with Gasteiger partial charge in [-0.25, -0.2) is 13.4 Å². The van der Waals surface area contributed by atoms with Crippen molar-refractivity contribution in [3.8, 4) is 6.07 Å². The molecule has 2 atom stereocenters. The summed E-state index contributed by atoms with van der Waals surface area (Å²) in [6.45, 7) is 2.43. The van der Waals surface area contributed by atoms with E-state index in [-0.39, 0.29) is 16.3 Å². The van der Waals surface area contributed by atoms with E-state index in [1.165, 1.54) is 22.5 Å². The number of nitriles is 1. The van der Waals surface area contributed by atoms with E-state index in [0.717, 1.165) is 16.9 Å². The van der Waals surface area contributed by atoms with Gasteiger partial charge in [-0.15, -0.1) is 0 Å². The molecule has 0 saturated carbocycles. The summed E-state index contributed by atoms with van der Waals surface area (Å²) in [5, 5.41) is 9.59. The fourth-order valence-electron chi connectivity index (χ4n) is 5.20. The smallest absolute Gasteiger partial charge is 0.240 e. The third kappa shape index (κ3) is 5.45. The van der Waals surface area contributed by atoms with Crippen LogP contribution in [0.4, 0.5) is 5.69 Å². The van der Waals surface area contributed by atoms with Crippen LogP contribution in [0.25, 0.3) is 0 Å². The summed E-state index contributed by atoms with van der Waals surface area (Å²) in [5.41, 5.74) is 3.72. The lowest BCUT2D eigenvalue weighted by Crippen LogP contribution is -2.47. The number of aromatic nitrogens is 2. The van der Waals surface area contributed by atoms with Gasteiger partial charge in [-0.05, 0) is 47.9 Å². The highest BCUT2D eigenvalue weighted by Crippen LogP contribution is 2.35. The lowest BCUT2D eigenvalue weighted by Gasteiger charge is -2.33. The van der Waals surface area contributed by atoms with Crippen LogP contribution in [-0.4, -0.2) is 48.6 Å². The van der Waals surface area contributed by atoms with Gasteiger partial charge in [-0.2, -0.15) is 18.0 Å². The molecule has 2 aliphatic rings. The van der Waals surface area contributed by atoms with Crippen LogP contribution in [0.3, 0.4) is 0 Å². The van der Waals surface area contributed by atoms with E-state index in [0.29, 0.717) is 30.6 Å². The first kappa shape index (κ1) is 26.6. The van der Waals surface area contributed by atoms with Crippen molar-refractivity contribution in [2.45, 2.75) is 32.5 Å². The van der Waals surface area contributed by atoms with Gasteiger partial charge < -0.3 is 9.88 Å². The van der Waals surface area contributed by atoms with Gasteiger partial charge in [0.05, 0.1) is 40.0 Å². The minimum Gasteiger partial charge on any atom is -0.364 e. The molecule has 0 radical (unpaired) electrons. The Bertz CT molecular complexity index is 1710. The van der Waals surface area contributed by atoms with Crippen molar-refractivity contribution in [3.63, 3.8) is 0 Å². The molecule has 0 spiro atoms. The lowest BCUT2D eigenvalue weighted by atomic mass is 10.0. The summed E-state index contributed by atoms with van der Waals surface area (Å²) < 4.78 is 53.9. The number of aromatic amines is 1. The molecule has 39 heavy (non-hydrogen) atoms. The summed E-state index contributed by atoms with van der Waals surface area (Å²) >= 11 is 0. The molecular formula is C28H27N5O4S2. The van der Waals surface area contributed by atoms with E-state index in [4.69, 9.17) is 0 Å². The Kier molecular flexibility index (Phi) is 7.52. The fourth-order valence-corrected chi connectivity index (χ4v) is 7.82. The van der Waals surface area contributed by atoms with Gasteiger partial charge in [-0.1, -0.05) is 43.3 Å². The van der Waals surface area contributed by atoms with Crippen LogP contribution >= 0.6 is 0 Å². The first-order valence-corrected chi connectivity index (χ1v) is 14.9. The molecule has 2 heterocycles. The predicted molar refractivity (Wildman–Crippen MR) is 150 cm³/mol. The van der Waals surface area contributed by atoms with E-state index in [1.807, 2.05) is 36.4 Å². The van der Waals surface area contributed by atoms with E-state index in [9.17, 15) is 22.1 Å². The number of allylic oxidation sites excluding steroid dienone is 4. The number of sulfonamides is 1. The SMILES string of the molecule is CC1C(S(=O)(=O)N2Cc3cc(C#N)ccc3N(Cc3c[nH]cn3)C[C@H]2Cc2ccccc2)=CC=CC1=S(=O)=O. The third-order valence-electron chi connectivity index (χ3n) is 7.11. The van der Waals surface area contributed by atoms with Gasteiger partial charge in [0.15, 0.2) is 0 Å². The van der Waals surface area contributed by atoms with Crippen molar-refractivity contribution in [2.24, 2.45) is 5.92 Å². The lowest BCUT2D eigenvalue weighted by molar-refractivity contribution is 0.320. The highest BCUT2D eigenvalue weighted by atomic mass is 32.2. The third-order valence-corrected chi connectivity index (χ3v) is 10.1. The molecule has 0 fully saturated rings. The number of anilines is 1. The molecule has 5 rings (SSSR count). The highest BCUT2D eigenvalue weighted by molar-refractivity contribution is 7.93. The van der Waals surface area contributed by atoms with Gasteiger partial charge in [0, 0.05) is 36.9 Å². The van der Waals surface area contributed by atoms with Crippen molar-refractivity contribution in [1.29, 1.82) is 5.26 Å². The van der Waals surface area contributed by atoms with Crippen LogP contribution in [0.2, 0.25) is 0 Å². The van der Waals surface area contributed by atoms with E-state index < -0.39 is 32.3 Å². The molecule has 200 valence electrons. The number of hydrogen-bond acceptors (Lipinski definition) is 7. The first-order valence-electron chi connectivity index (χ1n) is 12.4. The zero-order valence-electron chi connectivity index (χ0n) is 21.2. The van der Waals surface area contributed by atoms with Crippen molar-refractivity contribution in [3.05, 3.63) is 107 Å². The zero-order valence-corrected chi connectivity index (χ0v) is 22.9. The maximum absolute atomic E-state index is 14.4. The molecular weight excluding hydrogens is 534 g/mol. The number of imidazole rings is 1. The molecule has 1 unspecified atom stereocenters. The normalized spacial score (nSPS) is 19.6. The molecule has 1 N–H and O–H groups in total. The summed E-state index contributed by atoms with van der Waals surface area (Å²) in [4.78, 5) is 9.49. The Morgan fingerprint density at radius 2 is 1.97 bits per heavy atom. The molecule has 1 aliphatic heterocycles. The van der Waals surface area contributed by atoms with E-state index in [1.54, 1.807) is 31.6 Å². The van der Waals surface area contributed by atoms with Gasteiger partial charge in [0.25, 0.3) is 0 Å². The van der Waals surface area contributed by atoms with Gasteiger partial charge in [0.1, 0.15) is 0 Å². The Balaban J connectivity index is 1.64. The van der Waals surface area contributed by atoms with Crippen LogP contribution in [0.5, 0.6) is 0 Å². The molecule has 9 nitrogen and oxygen atoms in total. The van der Waals surface area contributed by atoms with Crippen molar-refractivity contribution in [2.75, 3.05) is 11.4 Å². The van der Waals surface area contributed by atoms with E-state index in [2.05, 4.69) is 20.9 Å². The molecule has 11 heteroatoms. The summed E-state index contributed by atoms with van der Waals surface area (Å²) in [6.07, 6.45) is 8.22. The number of nitrogens with zero attached hydrogens (tertiary/aromatic N) is 4. The number of hydrogen-bond donors (Lipinski definition) is 1. The highest BCUT2D eigenvalue weighted by Gasteiger charge is 2.40.